The molecule has 6 nitrogen and oxygen atoms in total. The Morgan fingerprint density at radius 3 is 0.887 bits per heavy atom. The Hall–Kier alpha value is -3.67. The molecule has 1 unspecified atom stereocenters. The Morgan fingerprint density at radius 2 is 0.549 bits per heavy atom. The maximum absolute atomic E-state index is 12.9. The van der Waals surface area contributed by atoms with Crippen molar-refractivity contribution in [3.63, 3.8) is 0 Å². The van der Waals surface area contributed by atoms with Gasteiger partial charge in [-0.05, 0) is 116 Å². The number of carbonyl (C=O) groups excluding carboxylic acids is 3. The van der Waals surface area contributed by atoms with Crippen molar-refractivity contribution in [2.24, 2.45) is 0 Å². The van der Waals surface area contributed by atoms with Crippen LogP contribution in [0, 0.1) is 0 Å². The summed E-state index contributed by atoms with van der Waals surface area (Å²) in [5, 5.41) is 0. The Morgan fingerprint density at radius 1 is 0.296 bits per heavy atom. The number of unbranched alkanes of at least 4 members (excludes halogenated alkanes) is 26. The Kier molecular flexibility index (Phi) is 55.9. The first-order valence-corrected chi connectivity index (χ1v) is 29.7. The molecule has 0 aliphatic rings. The molecule has 0 saturated carbocycles. The van der Waals surface area contributed by atoms with E-state index in [0.29, 0.717) is 19.3 Å². The summed E-state index contributed by atoms with van der Waals surface area (Å²) < 4.78 is 16.9. The van der Waals surface area contributed by atoms with Gasteiger partial charge in [-0.2, -0.15) is 0 Å². The molecule has 0 rings (SSSR count). The fraction of sp³-hybridized carbons (Fsp3) is 0.708. The summed E-state index contributed by atoms with van der Waals surface area (Å²) in [5.41, 5.74) is 0. The third-order valence-electron chi connectivity index (χ3n) is 12.6. The van der Waals surface area contributed by atoms with Crippen LogP contribution in [0.5, 0.6) is 0 Å². The van der Waals surface area contributed by atoms with Crippen molar-refractivity contribution in [1.82, 2.24) is 0 Å². The molecule has 0 heterocycles. The van der Waals surface area contributed by atoms with E-state index < -0.39 is 6.10 Å². The largest absolute Gasteiger partial charge is 0.462 e. The summed E-state index contributed by atoms with van der Waals surface area (Å²) in [6.07, 6.45) is 78.3. The predicted octanol–water partition coefficient (Wildman–Crippen LogP) is 20.1. The van der Waals surface area contributed by atoms with Crippen LogP contribution in [0.1, 0.15) is 278 Å². The number of esters is 3. The summed E-state index contributed by atoms with van der Waals surface area (Å²) >= 11 is 0. The van der Waals surface area contributed by atoms with E-state index in [2.05, 4.69) is 118 Å². The lowest BCUT2D eigenvalue weighted by molar-refractivity contribution is -0.167. The highest BCUT2D eigenvalue weighted by Crippen LogP contribution is 2.15. The lowest BCUT2D eigenvalue weighted by Gasteiger charge is -2.18. The molecule has 0 amide bonds. The number of hydrogen-bond donors (Lipinski definition) is 0. The monoisotopic (exact) mass is 987 g/mol. The van der Waals surface area contributed by atoms with Crippen molar-refractivity contribution in [1.29, 1.82) is 0 Å². The van der Waals surface area contributed by atoms with Gasteiger partial charge in [0.15, 0.2) is 6.10 Å². The zero-order chi connectivity index (χ0) is 51.4. The Bertz CT molecular complexity index is 1410. The highest BCUT2D eigenvalue weighted by atomic mass is 16.6. The molecule has 0 aliphatic carbocycles. The van der Waals surface area contributed by atoms with Crippen molar-refractivity contribution in [2.75, 3.05) is 13.2 Å². The van der Waals surface area contributed by atoms with Gasteiger partial charge in [0.2, 0.25) is 0 Å². The normalized spacial score (nSPS) is 12.8. The minimum atomic E-state index is -0.795. The molecule has 0 fully saturated rings. The molecule has 1 atom stereocenters. The van der Waals surface area contributed by atoms with Crippen LogP contribution < -0.4 is 0 Å². The molecule has 0 spiro atoms. The van der Waals surface area contributed by atoms with Gasteiger partial charge >= 0.3 is 17.9 Å². The molecule has 0 bridgehead atoms. The predicted molar refractivity (Wildman–Crippen MR) is 307 cm³/mol. The average molecular weight is 988 g/mol. The van der Waals surface area contributed by atoms with E-state index in [-0.39, 0.29) is 31.1 Å². The van der Waals surface area contributed by atoms with Gasteiger partial charge < -0.3 is 14.2 Å². The first kappa shape index (κ1) is 67.3. The molecule has 0 saturated heterocycles. The first-order chi connectivity index (χ1) is 35.0. The highest BCUT2D eigenvalue weighted by molar-refractivity contribution is 5.71. The molecular weight excluding hydrogens is 877 g/mol. The van der Waals surface area contributed by atoms with E-state index >= 15 is 0 Å². The average Bonchev–Trinajstić information content (AvgIpc) is 3.37. The van der Waals surface area contributed by atoms with E-state index in [0.717, 1.165) is 116 Å². The number of carbonyl (C=O) groups is 3. The van der Waals surface area contributed by atoms with Gasteiger partial charge in [-0.3, -0.25) is 14.4 Å². The molecule has 0 aromatic rings. The molecule has 406 valence electrons. The molecular formula is C65H110O6. The SMILES string of the molecule is CC/C=C\C/C=C\C/C=C\C/C=C\CCCCCCCCCCC(=O)OCC(COC(=O)CCCCC/C=C\C/C=C\C/C=C\CC)OC(=O)CCCCCCCCCCC/C=C\CCCCCCCC. The van der Waals surface area contributed by atoms with Crippen LogP contribution in [0.15, 0.2) is 97.2 Å². The minimum absolute atomic E-state index is 0.0921. The topological polar surface area (TPSA) is 78.9 Å². The zero-order valence-corrected chi connectivity index (χ0v) is 46.5. The van der Waals surface area contributed by atoms with Crippen LogP contribution in [-0.2, 0) is 28.6 Å². The summed E-state index contributed by atoms with van der Waals surface area (Å²) in [7, 11) is 0. The molecule has 0 aliphatic heterocycles. The van der Waals surface area contributed by atoms with Gasteiger partial charge in [0.25, 0.3) is 0 Å². The smallest absolute Gasteiger partial charge is 0.306 e. The lowest BCUT2D eigenvalue weighted by Crippen LogP contribution is -2.30. The first-order valence-electron chi connectivity index (χ1n) is 29.7. The maximum Gasteiger partial charge on any atom is 0.306 e. The number of ether oxygens (including phenoxy) is 3. The van der Waals surface area contributed by atoms with Crippen molar-refractivity contribution < 1.29 is 28.6 Å². The van der Waals surface area contributed by atoms with Crippen LogP contribution in [0.2, 0.25) is 0 Å². The summed E-state index contributed by atoms with van der Waals surface area (Å²) in [6, 6.07) is 0. The Labute approximate surface area is 438 Å². The van der Waals surface area contributed by atoms with Gasteiger partial charge in [-0.15, -0.1) is 0 Å². The Balaban J connectivity index is 4.39. The quantitative estimate of drug-likeness (QED) is 0.0261. The van der Waals surface area contributed by atoms with Crippen molar-refractivity contribution >= 4 is 17.9 Å². The van der Waals surface area contributed by atoms with E-state index in [1.54, 1.807) is 0 Å². The van der Waals surface area contributed by atoms with Crippen LogP contribution in [-0.4, -0.2) is 37.2 Å². The van der Waals surface area contributed by atoms with Gasteiger partial charge in [-0.25, -0.2) is 0 Å². The minimum Gasteiger partial charge on any atom is -0.462 e. The third-order valence-corrected chi connectivity index (χ3v) is 12.6. The number of allylic oxidation sites excluding steroid dienone is 16. The van der Waals surface area contributed by atoms with E-state index in [9.17, 15) is 14.4 Å². The van der Waals surface area contributed by atoms with Gasteiger partial charge in [0, 0.05) is 19.3 Å². The van der Waals surface area contributed by atoms with E-state index in [1.165, 1.54) is 122 Å². The summed E-state index contributed by atoms with van der Waals surface area (Å²) in [5.74, 6) is -0.926. The molecule has 0 radical (unpaired) electrons. The third kappa shape index (κ3) is 57.1. The molecule has 0 N–H and O–H groups in total. The highest BCUT2D eigenvalue weighted by Gasteiger charge is 2.19. The molecule has 0 aromatic carbocycles. The van der Waals surface area contributed by atoms with E-state index in [1.807, 2.05) is 0 Å². The number of rotatable bonds is 53. The van der Waals surface area contributed by atoms with Gasteiger partial charge in [0.1, 0.15) is 13.2 Å². The van der Waals surface area contributed by atoms with Gasteiger partial charge in [-0.1, -0.05) is 240 Å². The second-order valence-electron chi connectivity index (χ2n) is 19.5. The summed E-state index contributed by atoms with van der Waals surface area (Å²) in [6.45, 7) is 6.39. The van der Waals surface area contributed by atoms with Crippen molar-refractivity contribution in [3.05, 3.63) is 97.2 Å². The van der Waals surface area contributed by atoms with Crippen molar-refractivity contribution in [2.45, 2.75) is 284 Å². The lowest BCUT2D eigenvalue weighted by atomic mass is 10.1. The van der Waals surface area contributed by atoms with Gasteiger partial charge in [0.05, 0.1) is 0 Å². The summed E-state index contributed by atoms with van der Waals surface area (Å²) in [4.78, 5) is 38.2. The fourth-order valence-electron chi connectivity index (χ4n) is 8.15. The van der Waals surface area contributed by atoms with E-state index in [4.69, 9.17) is 14.2 Å². The molecule has 6 heteroatoms. The molecule has 0 aromatic heterocycles. The van der Waals surface area contributed by atoms with Crippen LogP contribution >= 0.6 is 0 Å². The number of hydrogen-bond acceptors (Lipinski definition) is 6. The fourth-order valence-corrected chi connectivity index (χ4v) is 8.15. The van der Waals surface area contributed by atoms with Crippen molar-refractivity contribution in [3.8, 4) is 0 Å². The van der Waals surface area contributed by atoms with Crippen LogP contribution in [0.4, 0.5) is 0 Å². The zero-order valence-electron chi connectivity index (χ0n) is 46.5. The van der Waals surface area contributed by atoms with Crippen LogP contribution in [0.25, 0.3) is 0 Å². The second-order valence-corrected chi connectivity index (χ2v) is 19.5. The molecule has 71 heavy (non-hydrogen) atoms. The second kappa shape index (κ2) is 58.9. The maximum atomic E-state index is 12.9. The van der Waals surface area contributed by atoms with Crippen LogP contribution in [0.3, 0.4) is 0 Å². The standard InChI is InChI=1S/C65H110O6/c1-4-7-10-13-16-19-22-25-27-29-31-32-34-35-37-40-43-46-49-52-55-58-64(67)70-61-62(60-69-63(66)57-54-51-48-45-42-39-24-21-18-15-12-9-6-3)71-65(68)59-56-53-50-47-44-41-38-36-33-30-28-26-23-20-17-14-11-8-5-2/h7,9-10,12,16,18-19,21,25-28,31-32,39,42,62H,4-6,8,11,13-15,17,20,22-24,29-30,33-38,40-41,43-61H2,1-3H3/b10-7-,12-9-,19-16-,21-18-,27-25-,28-26-,32-31-,42-39-.